The minimum atomic E-state index is 0.0180. The highest BCUT2D eigenvalue weighted by Crippen LogP contribution is 2.04. The summed E-state index contributed by atoms with van der Waals surface area (Å²) in [6, 6.07) is 0. The molecule has 1 saturated heterocycles. The van der Waals surface area contributed by atoms with Gasteiger partial charge in [-0.05, 0) is 13.0 Å². The van der Waals surface area contributed by atoms with E-state index in [1.54, 1.807) is 12.5 Å². The first kappa shape index (κ1) is 12.1. The third-order valence-corrected chi connectivity index (χ3v) is 2.87. The Labute approximate surface area is 101 Å². The van der Waals surface area contributed by atoms with Crippen molar-refractivity contribution in [3.05, 3.63) is 18.2 Å². The SMILES string of the molecule is NCCn1cnc(C(=O)N2CCCNCC2)c1. The fraction of sp³-hybridized carbons (Fsp3) is 0.636. The summed E-state index contributed by atoms with van der Waals surface area (Å²) in [7, 11) is 0. The molecule has 17 heavy (non-hydrogen) atoms. The summed E-state index contributed by atoms with van der Waals surface area (Å²) in [6.45, 7) is 4.64. The molecule has 2 heterocycles. The van der Waals surface area contributed by atoms with Gasteiger partial charge in [-0.15, -0.1) is 0 Å². The highest BCUT2D eigenvalue weighted by molar-refractivity contribution is 5.92. The molecule has 1 aromatic heterocycles. The van der Waals surface area contributed by atoms with Crippen LogP contribution in [0.2, 0.25) is 0 Å². The Morgan fingerprint density at radius 3 is 3.18 bits per heavy atom. The van der Waals surface area contributed by atoms with Gasteiger partial charge < -0.3 is 20.5 Å². The van der Waals surface area contributed by atoms with E-state index in [4.69, 9.17) is 5.73 Å². The minimum absolute atomic E-state index is 0.0180. The Morgan fingerprint density at radius 2 is 2.35 bits per heavy atom. The van der Waals surface area contributed by atoms with Gasteiger partial charge in [-0.2, -0.15) is 0 Å². The van der Waals surface area contributed by atoms with Crippen molar-refractivity contribution in [2.45, 2.75) is 13.0 Å². The maximum Gasteiger partial charge on any atom is 0.274 e. The molecule has 1 aliphatic heterocycles. The average molecular weight is 237 g/mol. The molecule has 1 aromatic rings. The highest BCUT2D eigenvalue weighted by Gasteiger charge is 2.18. The summed E-state index contributed by atoms with van der Waals surface area (Å²) in [5.74, 6) is 0.0180. The van der Waals surface area contributed by atoms with Crippen molar-refractivity contribution >= 4 is 5.91 Å². The summed E-state index contributed by atoms with van der Waals surface area (Å²) in [4.78, 5) is 18.2. The third-order valence-electron chi connectivity index (χ3n) is 2.87. The second-order valence-corrected chi connectivity index (χ2v) is 4.18. The largest absolute Gasteiger partial charge is 0.336 e. The molecule has 0 spiro atoms. The molecule has 0 bridgehead atoms. The van der Waals surface area contributed by atoms with Gasteiger partial charge >= 0.3 is 0 Å². The molecule has 3 N–H and O–H groups in total. The van der Waals surface area contributed by atoms with Gasteiger partial charge in [0, 0.05) is 38.9 Å². The van der Waals surface area contributed by atoms with E-state index in [0.717, 1.165) is 32.6 Å². The van der Waals surface area contributed by atoms with Gasteiger partial charge in [-0.25, -0.2) is 4.98 Å². The number of carbonyl (C=O) groups excluding carboxylic acids is 1. The monoisotopic (exact) mass is 237 g/mol. The fourth-order valence-electron chi connectivity index (χ4n) is 1.95. The number of carbonyl (C=O) groups is 1. The van der Waals surface area contributed by atoms with Crippen molar-refractivity contribution < 1.29 is 4.79 Å². The second kappa shape index (κ2) is 5.79. The van der Waals surface area contributed by atoms with Crippen molar-refractivity contribution in [3.8, 4) is 0 Å². The molecule has 0 radical (unpaired) electrons. The molecule has 0 saturated carbocycles. The molecular weight excluding hydrogens is 218 g/mol. The van der Waals surface area contributed by atoms with E-state index in [0.29, 0.717) is 18.8 Å². The Balaban J connectivity index is 2.01. The van der Waals surface area contributed by atoms with Crippen LogP contribution in [0.5, 0.6) is 0 Å². The molecule has 1 aliphatic rings. The number of hydrogen-bond acceptors (Lipinski definition) is 4. The number of amides is 1. The number of nitrogens with one attached hydrogen (secondary N) is 1. The van der Waals surface area contributed by atoms with Crippen molar-refractivity contribution in [1.82, 2.24) is 19.8 Å². The van der Waals surface area contributed by atoms with Gasteiger partial charge in [0.25, 0.3) is 5.91 Å². The summed E-state index contributed by atoms with van der Waals surface area (Å²) in [5, 5.41) is 3.27. The molecule has 6 heteroatoms. The van der Waals surface area contributed by atoms with E-state index >= 15 is 0 Å². The van der Waals surface area contributed by atoms with Crippen LogP contribution in [-0.4, -0.2) is 53.1 Å². The third kappa shape index (κ3) is 3.04. The topological polar surface area (TPSA) is 76.2 Å². The van der Waals surface area contributed by atoms with E-state index in [1.807, 2.05) is 9.47 Å². The number of nitrogens with two attached hydrogens (primary N) is 1. The summed E-state index contributed by atoms with van der Waals surface area (Å²) in [6.07, 6.45) is 4.43. The highest BCUT2D eigenvalue weighted by atomic mass is 16.2. The molecular formula is C11H19N5O. The molecule has 2 rings (SSSR count). The lowest BCUT2D eigenvalue weighted by molar-refractivity contribution is 0.0761. The van der Waals surface area contributed by atoms with Gasteiger partial charge in [0.1, 0.15) is 5.69 Å². The first-order valence-electron chi connectivity index (χ1n) is 6.03. The molecule has 0 aromatic carbocycles. The van der Waals surface area contributed by atoms with Crippen LogP contribution in [0.1, 0.15) is 16.9 Å². The maximum atomic E-state index is 12.2. The normalized spacial score (nSPS) is 16.9. The van der Waals surface area contributed by atoms with Gasteiger partial charge in [0.2, 0.25) is 0 Å². The minimum Gasteiger partial charge on any atom is -0.336 e. The summed E-state index contributed by atoms with van der Waals surface area (Å²) >= 11 is 0. The Kier molecular flexibility index (Phi) is 4.11. The fourth-order valence-corrected chi connectivity index (χ4v) is 1.95. The zero-order valence-electron chi connectivity index (χ0n) is 9.93. The van der Waals surface area contributed by atoms with Crippen LogP contribution in [-0.2, 0) is 6.54 Å². The van der Waals surface area contributed by atoms with Crippen molar-refractivity contribution in [1.29, 1.82) is 0 Å². The number of hydrogen-bond donors (Lipinski definition) is 2. The lowest BCUT2D eigenvalue weighted by Gasteiger charge is -2.18. The Bertz CT molecular complexity index is 368. The predicted octanol–water partition coefficient (Wildman–Crippen LogP) is -0.723. The van der Waals surface area contributed by atoms with Crippen molar-refractivity contribution in [3.63, 3.8) is 0 Å². The summed E-state index contributed by atoms with van der Waals surface area (Å²) < 4.78 is 1.85. The van der Waals surface area contributed by atoms with Crippen molar-refractivity contribution in [2.75, 3.05) is 32.7 Å². The van der Waals surface area contributed by atoms with Gasteiger partial charge in [-0.3, -0.25) is 4.79 Å². The molecule has 6 nitrogen and oxygen atoms in total. The molecule has 0 unspecified atom stereocenters. The Morgan fingerprint density at radius 1 is 1.47 bits per heavy atom. The number of aromatic nitrogens is 2. The number of rotatable bonds is 3. The molecule has 0 aliphatic carbocycles. The predicted molar refractivity (Wildman–Crippen MR) is 64.7 cm³/mol. The molecule has 1 fully saturated rings. The zero-order chi connectivity index (χ0) is 12.1. The van der Waals surface area contributed by atoms with Crippen LogP contribution < -0.4 is 11.1 Å². The number of imidazole rings is 1. The van der Waals surface area contributed by atoms with E-state index < -0.39 is 0 Å². The van der Waals surface area contributed by atoms with Crippen LogP contribution in [0.15, 0.2) is 12.5 Å². The van der Waals surface area contributed by atoms with Gasteiger partial charge in [-0.1, -0.05) is 0 Å². The van der Waals surface area contributed by atoms with E-state index in [2.05, 4.69) is 10.3 Å². The maximum absolute atomic E-state index is 12.2. The quantitative estimate of drug-likeness (QED) is 0.727. The van der Waals surface area contributed by atoms with Gasteiger partial charge in [0.05, 0.1) is 6.33 Å². The average Bonchev–Trinajstić information content (AvgIpc) is 2.64. The number of nitrogens with zero attached hydrogens (tertiary/aromatic N) is 3. The van der Waals surface area contributed by atoms with E-state index in [1.165, 1.54) is 0 Å². The first-order chi connectivity index (χ1) is 8.31. The van der Waals surface area contributed by atoms with Crippen LogP contribution in [0.25, 0.3) is 0 Å². The standard InChI is InChI=1S/C11H19N5O/c12-2-6-15-8-10(14-9-15)11(17)16-5-1-3-13-4-7-16/h8-9,13H,1-7,12H2. The van der Waals surface area contributed by atoms with E-state index in [-0.39, 0.29) is 5.91 Å². The van der Waals surface area contributed by atoms with Crippen LogP contribution in [0.4, 0.5) is 0 Å². The molecule has 1 amide bonds. The van der Waals surface area contributed by atoms with Crippen molar-refractivity contribution in [2.24, 2.45) is 5.73 Å². The van der Waals surface area contributed by atoms with Crippen LogP contribution in [0, 0.1) is 0 Å². The Hall–Kier alpha value is -1.40. The van der Waals surface area contributed by atoms with E-state index in [9.17, 15) is 4.79 Å². The second-order valence-electron chi connectivity index (χ2n) is 4.18. The first-order valence-corrected chi connectivity index (χ1v) is 6.03. The molecule has 94 valence electrons. The smallest absolute Gasteiger partial charge is 0.274 e. The van der Waals surface area contributed by atoms with Gasteiger partial charge in [0.15, 0.2) is 0 Å². The van der Waals surface area contributed by atoms with Crippen LogP contribution >= 0.6 is 0 Å². The summed E-state index contributed by atoms with van der Waals surface area (Å²) in [5.41, 5.74) is 5.97. The van der Waals surface area contributed by atoms with Crippen LogP contribution in [0.3, 0.4) is 0 Å². The zero-order valence-corrected chi connectivity index (χ0v) is 9.93. The molecule has 0 atom stereocenters. The lowest BCUT2D eigenvalue weighted by Crippen LogP contribution is -2.34. The lowest BCUT2D eigenvalue weighted by atomic mass is 10.3.